The lowest BCUT2D eigenvalue weighted by Gasteiger charge is -2.26. The molecule has 0 aromatic rings. The monoisotopic (exact) mass is 273 g/mol. The minimum absolute atomic E-state index is 0.209. The zero-order chi connectivity index (χ0) is 14.0. The predicted molar refractivity (Wildman–Crippen MR) is 80.7 cm³/mol. The first-order chi connectivity index (χ1) is 8.54. The molecule has 0 spiro atoms. The van der Waals surface area contributed by atoms with Gasteiger partial charge in [-0.1, -0.05) is 33.0 Å². The van der Waals surface area contributed by atoms with Gasteiger partial charge in [0.1, 0.15) is 0 Å². The summed E-state index contributed by atoms with van der Waals surface area (Å²) in [4.78, 5) is 16.6. The second-order valence-corrected chi connectivity index (χ2v) is 4.90. The minimum atomic E-state index is 0.209. The fraction of sp³-hybridized carbons (Fsp3) is 0.846. The molecular formula is C13H27N3OS. The van der Waals surface area contributed by atoms with Crippen molar-refractivity contribution in [2.45, 2.75) is 40.0 Å². The highest BCUT2D eigenvalue weighted by atomic mass is 32.1. The smallest absolute Gasteiger partial charge is 0.222 e. The van der Waals surface area contributed by atoms with E-state index in [9.17, 15) is 4.79 Å². The van der Waals surface area contributed by atoms with Crippen LogP contribution in [0.5, 0.6) is 0 Å². The van der Waals surface area contributed by atoms with Gasteiger partial charge >= 0.3 is 0 Å². The fourth-order valence-corrected chi connectivity index (χ4v) is 1.87. The molecule has 0 rings (SSSR count). The van der Waals surface area contributed by atoms with E-state index in [-0.39, 0.29) is 5.91 Å². The summed E-state index contributed by atoms with van der Waals surface area (Å²) in [7, 11) is 0. The number of nitrogens with zero attached hydrogens (tertiary/aromatic N) is 2. The molecule has 4 nitrogen and oxygen atoms in total. The van der Waals surface area contributed by atoms with Gasteiger partial charge in [0, 0.05) is 32.5 Å². The van der Waals surface area contributed by atoms with Crippen LogP contribution < -0.4 is 5.73 Å². The lowest BCUT2D eigenvalue weighted by Crippen LogP contribution is -2.40. The molecule has 0 saturated carbocycles. The molecule has 0 aliphatic carbocycles. The summed E-state index contributed by atoms with van der Waals surface area (Å²) in [5, 5.41) is 0. The van der Waals surface area contributed by atoms with Gasteiger partial charge in [-0.3, -0.25) is 4.79 Å². The Hall–Kier alpha value is -0.680. The molecule has 106 valence electrons. The van der Waals surface area contributed by atoms with Crippen molar-refractivity contribution in [3.8, 4) is 0 Å². The van der Waals surface area contributed by atoms with Crippen LogP contribution in [0.1, 0.15) is 40.0 Å². The lowest BCUT2D eigenvalue weighted by atomic mass is 10.2. The molecule has 0 aromatic carbocycles. The summed E-state index contributed by atoms with van der Waals surface area (Å²) >= 11 is 4.88. The lowest BCUT2D eigenvalue weighted by molar-refractivity contribution is -0.131. The number of nitrogens with two attached hydrogens (primary N) is 1. The molecule has 5 heteroatoms. The topological polar surface area (TPSA) is 49.6 Å². The number of amides is 1. The maximum absolute atomic E-state index is 12.0. The molecule has 0 aliphatic heterocycles. The van der Waals surface area contributed by atoms with Crippen LogP contribution in [-0.2, 0) is 4.79 Å². The Labute approximate surface area is 116 Å². The van der Waals surface area contributed by atoms with Gasteiger partial charge in [-0.15, -0.1) is 0 Å². The second-order valence-electron chi connectivity index (χ2n) is 4.37. The summed E-state index contributed by atoms with van der Waals surface area (Å²) in [6.07, 6.45) is 2.10. The molecule has 0 fully saturated rings. The van der Waals surface area contributed by atoms with Crippen molar-refractivity contribution >= 4 is 23.1 Å². The quantitative estimate of drug-likeness (QED) is 0.615. The Kier molecular flexibility index (Phi) is 9.87. The zero-order valence-corrected chi connectivity index (χ0v) is 12.8. The maximum Gasteiger partial charge on any atom is 0.222 e. The van der Waals surface area contributed by atoms with Crippen molar-refractivity contribution in [2.24, 2.45) is 5.73 Å². The third-order valence-corrected chi connectivity index (χ3v) is 3.23. The van der Waals surface area contributed by atoms with Crippen molar-refractivity contribution in [1.29, 1.82) is 0 Å². The molecular weight excluding hydrogens is 246 g/mol. The Morgan fingerprint density at radius 3 is 2.11 bits per heavy atom. The summed E-state index contributed by atoms with van der Waals surface area (Å²) in [5.41, 5.74) is 5.51. The van der Waals surface area contributed by atoms with E-state index in [0.29, 0.717) is 24.4 Å². The third-order valence-electron chi connectivity index (χ3n) is 3.03. The van der Waals surface area contributed by atoms with Gasteiger partial charge in [0.2, 0.25) is 5.91 Å². The van der Waals surface area contributed by atoms with Crippen LogP contribution in [0.3, 0.4) is 0 Å². The van der Waals surface area contributed by atoms with Crippen LogP contribution in [0.2, 0.25) is 0 Å². The van der Waals surface area contributed by atoms with Gasteiger partial charge in [0.15, 0.2) is 0 Å². The van der Waals surface area contributed by atoms with Crippen molar-refractivity contribution in [2.75, 3.05) is 32.7 Å². The maximum atomic E-state index is 12.0. The summed E-state index contributed by atoms with van der Waals surface area (Å²) in [6.45, 7) is 10.7. The van der Waals surface area contributed by atoms with Crippen LogP contribution >= 0.6 is 12.2 Å². The first-order valence-electron chi connectivity index (χ1n) is 6.83. The van der Waals surface area contributed by atoms with Gasteiger partial charge < -0.3 is 15.5 Å². The predicted octanol–water partition coefficient (Wildman–Crippen LogP) is 1.63. The highest BCUT2D eigenvalue weighted by molar-refractivity contribution is 7.80. The Balaban J connectivity index is 4.27. The van der Waals surface area contributed by atoms with E-state index in [1.165, 1.54) is 0 Å². The molecule has 0 aliphatic rings. The average molecular weight is 273 g/mol. The van der Waals surface area contributed by atoms with Gasteiger partial charge in [0.25, 0.3) is 0 Å². The van der Waals surface area contributed by atoms with E-state index in [1.54, 1.807) is 0 Å². The summed E-state index contributed by atoms with van der Waals surface area (Å²) < 4.78 is 0. The largest absolute Gasteiger partial charge is 0.393 e. The van der Waals surface area contributed by atoms with Crippen molar-refractivity contribution < 1.29 is 4.79 Å². The first kappa shape index (κ1) is 17.3. The Bertz CT molecular complexity index is 255. The average Bonchev–Trinajstić information content (AvgIpc) is 2.33. The standard InChI is InChI=1S/C13H27N3OS/c1-4-7-13(17)16(9-8-12(14)18)11-10-15(5-2)6-3/h4-11H2,1-3H3,(H2,14,18). The van der Waals surface area contributed by atoms with Crippen LogP contribution in [0.15, 0.2) is 0 Å². The number of thiocarbonyl (C=S) groups is 1. The number of likely N-dealkylation sites (N-methyl/N-ethyl adjacent to an activating group) is 1. The van der Waals surface area contributed by atoms with Crippen molar-refractivity contribution in [3.63, 3.8) is 0 Å². The highest BCUT2D eigenvalue weighted by Crippen LogP contribution is 2.01. The molecule has 0 bridgehead atoms. The summed E-state index contributed by atoms with van der Waals surface area (Å²) in [6, 6.07) is 0. The molecule has 1 amide bonds. The summed E-state index contributed by atoms with van der Waals surface area (Å²) in [5.74, 6) is 0.209. The van der Waals surface area contributed by atoms with Crippen molar-refractivity contribution in [3.05, 3.63) is 0 Å². The van der Waals surface area contributed by atoms with E-state index >= 15 is 0 Å². The van der Waals surface area contributed by atoms with Gasteiger partial charge in [-0.05, 0) is 19.5 Å². The van der Waals surface area contributed by atoms with E-state index < -0.39 is 0 Å². The Morgan fingerprint density at radius 1 is 1.06 bits per heavy atom. The van der Waals surface area contributed by atoms with Gasteiger partial charge in [-0.25, -0.2) is 0 Å². The van der Waals surface area contributed by atoms with Crippen LogP contribution in [-0.4, -0.2) is 53.4 Å². The fourth-order valence-electron chi connectivity index (χ4n) is 1.78. The van der Waals surface area contributed by atoms with E-state index in [2.05, 4.69) is 18.7 Å². The van der Waals surface area contributed by atoms with E-state index in [0.717, 1.165) is 32.6 Å². The first-order valence-corrected chi connectivity index (χ1v) is 7.24. The molecule has 18 heavy (non-hydrogen) atoms. The van der Waals surface area contributed by atoms with Gasteiger partial charge in [-0.2, -0.15) is 0 Å². The third kappa shape index (κ3) is 7.61. The molecule has 0 aromatic heterocycles. The number of carbonyl (C=O) groups is 1. The van der Waals surface area contributed by atoms with Crippen LogP contribution in [0.25, 0.3) is 0 Å². The van der Waals surface area contributed by atoms with E-state index in [1.807, 2.05) is 11.8 Å². The molecule has 2 N–H and O–H groups in total. The Morgan fingerprint density at radius 2 is 1.67 bits per heavy atom. The molecule has 0 radical (unpaired) electrons. The number of rotatable bonds is 10. The minimum Gasteiger partial charge on any atom is -0.393 e. The van der Waals surface area contributed by atoms with Gasteiger partial charge in [0.05, 0.1) is 4.99 Å². The molecule has 0 atom stereocenters. The van der Waals surface area contributed by atoms with E-state index in [4.69, 9.17) is 18.0 Å². The molecule has 0 saturated heterocycles. The molecule has 0 heterocycles. The zero-order valence-electron chi connectivity index (χ0n) is 11.9. The normalized spacial score (nSPS) is 10.7. The number of carbonyl (C=O) groups excluding carboxylic acids is 1. The van der Waals surface area contributed by atoms with Crippen molar-refractivity contribution in [1.82, 2.24) is 9.80 Å². The van der Waals surface area contributed by atoms with Crippen LogP contribution in [0.4, 0.5) is 0 Å². The second kappa shape index (κ2) is 10.3. The SMILES string of the molecule is CCCC(=O)N(CCC(N)=S)CCN(CC)CC. The highest BCUT2D eigenvalue weighted by Gasteiger charge is 2.13. The number of hydrogen-bond acceptors (Lipinski definition) is 3. The number of hydrogen-bond donors (Lipinski definition) is 1. The van der Waals surface area contributed by atoms with Crippen LogP contribution in [0, 0.1) is 0 Å². The molecule has 0 unspecified atom stereocenters.